The van der Waals surface area contributed by atoms with Gasteiger partial charge in [-0.3, -0.25) is 5.32 Å². The van der Waals surface area contributed by atoms with Crippen LogP contribution in [0.25, 0.3) is 0 Å². The van der Waals surface area contributed by atoms with Crippen molar-refractivity contribution in [3.05, 3.63) is 0 Å². The molecular formula is C7H12N2O2. The molecule has 0 unspecified atom stereocenters. The van der Waals surface area contributed by atoms with Crippen molar-refractivity contribution in [1.82, 2.24) is 5.32 Å². The van der Waals surface area contributed by atoms with E-state index in [1.54, 1.807) is 7.05 Å². The Balaban J connectivity index is 2.58. The summed E-state index contributed by atoms with van der Waals surface area (Å²) in [7, 11) is 1.74. The lowest BCUT2D eigenvalue weighted by Crippen LogP contribution is -2.48. The van der Waals surface area contributed by atoms with Crippen LogP contribution in [0.1, 0.15) is 0 Å². The summed E-state index contributed by atoms with van der Waals surface area (Å²) in [5.41, 5.74) is -0.642. The molecule has 0 aromatic carbocycles. The smallest absolute Gasteiger partial charge is 0.153 e. The molecule has 0 bridgehead atoms. The third-order valence-electron chi connectivity index (χ3n) is 1.76. The Morgan fingerprint density at radius 2 is 1.91 bits per heavy atom. The van der Waals surface area contributed by atoms with Crippen molar-refractivity contribution in [2.45, 2.75) is 5.54 Å². The fraction of sp³-hybridized carbons (Fsp3) is 0.857. The van der Waals surface area contributed by atoms with Crippen molar-refractivity contribution in [1.29, 1.82) is 5.26 Å². The minimum atomic E-state index is -0.642. The van der Waals surface area contributed by atoms with E-state index in [1.807, 2.05) is 0 Å². The summed E-state index contributed by atoms with van der Waals surface area (Å²) >= 11 is 0. The van der Waals surface area contributed by atoms with Gasteiger partial charge in [-0.25, -0.2) is 0 Å². The van der Waals surface area contributed by atoms with Crippen LogP contribution in [-0.4, -0.2) is 39.0 Å². The second-order valence-corrected chi connectivity index (χ2v) is 2.55. The Morgan fingerprint density at radius 3 is 2.27 bits per heavy atom. The molecule has 1 N–H and O–H groups in total. The first-order valence-corrected chi connectivity index (χ1v) is 3.59. The highest BCUT2D eigenvalue weighted by molar-refractivity contribution is 5.07. The van der Waals surface area contributed by atoms with Crippen LogP contribution < -0.4 is 5.32 Å². The number of rotatable bonds is 1. The highest BCUT2D eigenvalue weighted by Gasteiger charge is 2.30. The summed E-state index contributed by atoms with van der Waals surface area (Å²) in [5.74, 6) is 0. The molecule has 4 nitrogen and oxygen atoms in total. The van der Waals surface area contributed by atoms with Gasteiger partial charge in [-0.2, -0.15) is 5.26 Å². The average molecular weight is 156 g/mol. The number of nitrogens with zero attached hydrogens (tertiary/aromatic N) is 1. The van der Waals surface area contributed by atoms with Crippen LogP contribution in [0, 0.1) is 11.3 Å². The van der Waals surface area contributed by atoms with E-state index in [0.29, 0.717) is 26.4 Å². The number of likely N-dealkylation sites (N-methyl/N-ethyl adjacent to an activating group) is 1. The van der Waals surface area contributed by atoms with Gasteiger partial charge < -0.3 is 9.47 Å². The fourth-order valence-corrected chi connectivity index (χ4v) is 0.917. The second-order valence-electron chi connectivity index (χ2n) is 2.55. The van der Waals surface area contributed by atoms with Gasteiger partial charge in [0.15, 0.2) is 5.54 Å². The lowest BCUT2D eigenvalue weighted by atomic mass is 10.1. The number of nitrogens with one attached hydrogen (secondary N) is 1. The van der Waals surface area contributed by atoms with Crippen LogP contribution in [0.15, 0.2) is 0 Å². The van der Waals surface area contributed by atoms with Crippen molar-refractivity contribution in [3.8, 4) is 6.07 Å². The van der Waals surface area contributed by atoms with Gasteiger partial charge in [0.2, 0.25) is 0 Å². The van der Waals surface area contributed by atoms with Crippen LogP contribution in [0.3, 0.4) is 0 Å². The maximum Gasteiger partial charge on any atom is 0.153 e. The van der Waals surface area contributed by atoms with Gasteiger partial charge in [0.05, 0.1) is 32.5 Å². The summed E-state index contributed by atoms with van der Waals surface area (Å²) in [6.45, 7) is 1.95. The van der Waals surface area contributed by atoms with E-state index in [9.17, 15) is 0 Å². The molecule has 1 aliphatic heterocycles. The number of ether oxygens (including phenoxy) is 2. The molecule has 0 spiro atoms. The molecule has 1 heterocycles. The van der Waals surface area contributed by atoms with Crippen molar-refractivity contribution in [2.75, 3.05) is 33.5 Å². The van der Waals surface area contributed by atoms with Crippen LogP contribution >= 0.6 is 0 Å². The minimum absolute atomic E-state index is 0.403. The Kier molecular flexibility index (Phi) is 2.83. The molecule has 4 heteroatoms. The Labute approximate surface area is 66.1 Å². The molecule has 11 heavy (non-hydrogen) atoms. The zero-order valence-electron chi connectivity index (χ0n) is 6.59. The fourth-order valence-electron chi connectivity index (χ4n) is 0.917. The molecule has 0 aliphatic carbocycles. The molecule has 1 fully saturated rings. The Hall–Kier alpha value is -0.630. The highest BCUT2D eigenvalue weighted by atomic mass is 16.5. The van der Waals surface area contributed by atoms with E-state index in [4.69, 9.17) is 14.7 Å². The van der Waals surface area contributed by atoms with Gasteiger partial charge in [-0.15, -0.1) is 0 Å². The molecule has 0 aromatic heterocycles. The number of hydrogen-bond donors (Lipinski definition) is 1. The summed E-state index contributed by atoms with van der Waals surface area (Å²) in [5, 5.41) is 11.7. The first kappa shape index (κ1) is 8.47. The van der Waals surface area contributed by atoms with E-state index in [1.165, 1.54) is 0 Å². The van der Waals surface area contributed by atoms with Gasteiger partial charge >= 0.3 is 0 Å². The van der Waals surface area contributed by atoms with Gasteiger partial charge in [-0.05, 0) is 7.05 Å². The number of nitriles is 1. The molecule has 0 atom stereocenters. The molecule has 1 rings (SSSR count). The van der Waals surface area contributed by atoms with Crippen molar-refractivity contribution in [2.24, 2.45) is 0 Å². The Bertz CT molecular complexity index is 156. The summed E-state index contributed by atoms with van der Waals surface area (Å²) in [4.78, 5) is 0. The first-order valence-electron chi connectivity index (χ1n) is 3.59. The predicted octanol–water partition coefficient (Wildman–Crippen LogP) is -0.485. The lowest BCUT2D eigenvalue weighted by Gasteiger charge is -2.21. The molecular weight excluding hydrogens is 144 g/mol. The quantitative estimate of drug-likeness (QED) is 0.557. The molecule has 62 valence electrons. The van der Waals surface area contributed by atoms with Crippen molar-refractivity contribution >= 4 is 0 Å². The maximum atomic E-state index is 8.79. The Morgan fingerprint density at radius 1 is 1.36 bits per heavy atom. The monoisotopic (exact) mass is 156 g/mol. The first-order chi connectivity index (χ1) is 5.33. The molecule has 1 saturated heterocycles. The second kappa shape index (κ2) is 3.67. The average Bonchev–Trinajstić information content (AvgIpc) is 2.30. The van der Waals surface area contributed by atoms with Crippen LogP contribution in [0.5, 0.6) is 0 Å². The zero-order valence-corrected chi connectivity index (χ0v) is 6.59. The standard InChI is InChI=1S/C7H12N2O2/c1-9-7(4-8)5-10-2-3-11-6-7/h9H,2-3,5-6H2,1H3. The third-order valence-corrected chi connectivity index (χ3v) is 1.76. The highest BCUT2D eigenvalue weighted by Crippen LogP contribution is 2.07. The minimum Gasteiger partial charge on any atom is -0.376 e. The van der Waals surface area contributed by atoms with Crippen LogP contribution in [0.2, 0.25) is 0 Å². The largest absolute Gasteiger partial charge is 0.376 e. The predicted molar refractivity (Wildman–Crippen MR) is 39.0 cm³/mol. The third kappa shape index (κ3) is 1.90. The van der Waals surface area contributed by atoms with E-state index in [2.05, 4.69) is 11.4 Å². The van der Waals surface area contributed by atoms with Crippen LogP contribution in [-0.2, 0) is 9.47 Å². The van der Waals surface area contributed by atoms with Crippen molar-refractivity contribution < 1.29 is 9.47 Å². The summed E-state index contributed by atoms with van der Waals surface area (Å²) < 4.78 is 10.4. The molecule has 0 saturated carbocycles. The summed E-state index contributed by atoms with van der Waals surface area (Å²) in [6.07, 6.45) is 0. The maximum absolute atomic E-state index is 8.79. The van der Waals surface area contributed by atoms with E-state index in [-0.39, 0.29) is 0 Å². The topological polar surface area (TPSA) is 54.3 Å². The summed E-state index contributed by atoms with van der Waals surface area (Å²) in [6, 6.07) is 2.15. The molecule has 0 amide bonds. The van der Waals surface area contributed by atoms with Gasteiger partial charge in [0.1, 0.15) is 0 Å². The van der Waals surface area contributed by atoms with E-state index >= 15 is 0 Å². The zero-order chi connectivity index (χ0) is 8.16. The lowest BCUT2D eigenvalue weighted by molar-refractivity contribution is 0.103. The van der Waals surface area contributed by atoms with Gasteiger partial charge in [-0.1, -0.05) is 0 Å². The van der Waals surface area contributed by atoms with E-state index in [0.717, 1.165) is 0 Å². The molecule has 1 aliphatic rings. The van der Waals surface area contributed by atoms with Crippen LogP contribution in [0.4, 0.5) is 0 Å². The van der Waals surface area contributed by atoms with Gasteiger partial charge in [0.25, 0.3) is 0 Å². The normalized spacial score (nSPS) is 23.6. The SMILES string of the molecule is CNC1(C#N)COCCOC1. The van der Waals surface area contributed by atoms with Gasteiger partial charge in [0, 0.05) is 0 Å². The molecule has 0 aromatic rings. The van der Waals surface area contributed by atoms with E-state index < -0.39 is 5.54 Å². The number of hydrogen-bond acceptors (Lipinski definition) is 4. The van der Waals surface area contributed by atoms with Crippen molar-refractivity contribution in [3.63, 3.8) is 0 Å². The molecule has 0 radical (unpaired) electrons.